The Morgan fingerprint density at radius 1 is 1.21 bits per heavy atom. The van der Waals surface area contributed by atoms with Gasteiger partial charge in [0.2, 0.25) is 0 Å². The molecule has 0 bridgehead atoms. The lowest BCUT2D eigenvalue weighted by Crippen LogP contribution is -2.27. The molecule has 0 aliphatic heterocycles. The van der Waals surface area contributed by atoms with Crippen molar-refractivity contribution in [2.24, 2.45) is 0 Å². The molecule has 4 aromatic heterocycles. The molecule has 0 spiro atoms. The SMILES string of the molecule is CCc1ccc(-c2cc(C(F)(F)F)n3nc(C(=O)N[C@@H](C)c4cn(CC)nc4C)cc3n2)s1. The molecule has 1 atom stereocenters. The molecule has 4 heterocycles. The third-order valence-electron chi connectivity index (χ3n) is 5.34. The minimum atomic E-state index is -4.67. The minimum absolute atomic E-state index is 0.0425. The van der Waals surface area contributed by atoms with Crippen molar-refractivity contribution in [1.29, 1.82) is 0 Å². The van der Waals surface area contributed by atoms with Gasteiger partial charge in [-0.1, -0.05) is 6.92 Å². The van der Waals surface area contributed by atoms with Gasteiger partial charge in [-0.15, -0.1) is 11.3 Å². The number of rotatable bonds is 6. The molecule has 33 heavy (non-hydrogen) atoms. The van der Waals surface area contributed by atoms with Gasteiger partial charge in [-0.2, -0.15) is 23.4 Å². The fourth-order valence-electron chi connectivity index (χ4n) is 3.59. The fourth-order valence-corrected chi connectivity index (χ4v) is 4.50. The van der Waals surface area contributed by atoms with E-state index in [4.69, 9.17) is 0 Å². The van der Waals surface area contributed by atoms with Gasteiger partial charge in [0.25, 0.3) is 5.91 Å². The predicted octanol–water partition coefficient (Wildman–Crippen LogP) is 5.05. The molecule has 174 valence electrons. The van der Waals surface area contributed by atoms with E-state index in [2.05, 4.69) is 20.5 Å². The lowest BCUT2D eigenvalue weighted by atomic mass is 10.1. The monoisotopic (exact) mass is 476 g/mol. The smallest absolute Gasteiger partial charge is 0.344 e. The summed E-state index contributed by atoms with van der Waals surface area (Å²) >= 11 is 1.39. The van der Waals surface area contributed by atoms with E-state index in [1.165, 1.54) is 17.4 Å². The highest BCUT2D eigenvalue weighted by Crippen LogP contribution is 2.34. The van der Waals surface area contributed by atoms with E-state index in [9.17, 15) is 18.0 Å². The standard InChI is InChI=1S/C22H23F3N6OS/c1-5-14-7-8-18(33-14)16-9-19(22(23,24)25)31-20(27-16)10-17(29-31)21(32)26-12(3)15-11-30(6-2)28-13(15)4/h7-12H,5-6H2,1-4H3,(H,26,32)/t12-/m0/s1. The molecule has 0 unspecified atom stereocenters. The maximum atomic E-state index is 13.8. The van der Waals surface area contributed by atoms with Gasteiger partial charge in [0.1, 0.15) is 0 Å². The number of carbonyl (C=O) groups is 1. The second kappa shape index (κ2) is 8.62. The van der Waals surface area contributed by atoms with Crippen LogP contribution < -0.4 is 5.32 Å². The number of halogens is 3. The zero-order chi connectivity index (χ0) is 23.9. The maximum Gasteiger partial charge on any atom is 0.433 e. The molecule has 0 radical (unpaired) electrons. The quantitative estimate of drug-likeness (QED) is 0.422. The molecule has 0 saturated heterocycles. The molecular weight excluding hydrogens is 453 g/mol. The highest BCUT2D eigenvalue weighted by molar-refractivity contribution is 7.15. The van der Waals surface area contributed by atoms with Crippen LogP contribution in [0.25, 0.3) is 16.2 Å². The van der Waals surface area contributed by atoms with Crippen molar-refractivity contribution >= 4 is 22.9 Å². The first-order valence-electron chi connectivity index (χ1n) is 10.5. The largest absolute Gasteiger partial charge is 0.433 e. The lowest BCUT2D eigenvalue weighted by molar-refractivity contribution is -0.142. The van der Waals surface area contributed by atoms with Crippen LogP contribution in [0.3, 0.4) is 0 Å². The summed E-state index contributed by atoms with van der Waals surface area (Å²) in [4.78, 5) is 18.9. The predicted molar refractivity (Wildman–Crippen MR) is 119 cm³/mol. The van der Waals surface area contributed by atoms with Crippen LogP contribution in [0.2, 0.25) is 0 Å². The number of nitrogens with zero attached hydrogens (tertiary/aromatic N) is 5. The fraction of sp³-hybridized carbons (Fsp3) is 0.364. The van der Waals surface area contributed by atoms with Crippen molar-refractivity contribution in [3.63, 3.8) is 0 Å². The Morgan fingerprint density at radius 3 is 2.58 bits per heavy atom. The Kier molecular flexibility index (Phi) is 6.00. The summed E-state index contributed by atoms with van der Waals surface area (Å²) in [7, 11) is 0. The number of amides is 1. The number of aromatic nitrogens is 5. The number of hydrogen-bond donors (Lipinski definition) is 1. The molecule has 4 rings (SSSR count). The Balaban J connectivity index is 1.70. The number of carbonyl (C=O) groups excluding carboxylic acids is 1. The van der Waals surface area contributed by atoms with Crippen LogP contribution in [-0.4, -0.2) is 30.3 Å². The average molecular weight is 477 g/mol. The van der Waals surface area contributed by atoms with Gasteiger partial charge in [-0.25, -0.2) is 9.50 Å². The highest BCUT2D eigenvalue weighted by Gasteiger charge is 2.36. The zero-order valence-corrected chi connectivity index (χ0v) is 19.4. The molecular formula is C22H23F3N6OS. The van der Waals surface area contributed by atoms with E-state index in [-0.39, 0.29) is 17.0 Å². The van der Waals surface area contributed by atoms with E-state index in [0.29, 0.717) is 15.9 Å². The second-order valence-electron chi connectivity index (χ2n) is 7.66. The third kappa shape index (κ3) is 4.50. The summed E-state index contributed by atoms with van der Waals surface area (Å²) in [6.45, 7) is 8.24. The number of fused-ring (bicyclic) bond motifs is 1. The molecule has 4 aromatic rings. The number of hydrogen-bond acceptors (Lipinski definition) is 5. The summed E-state index contributed by atoms with van der Waals surface area (Å²) in [6, 6.07) is 5.48. The first kappa shape index (κ1) is 23.0. The van der Waals surface area contributed by atoms with E-state index in [0.717, 1.165) is 28.6 Å². The summed E-state index contributed by atoms with van der Waals surface area (Å²) in [6.07, 6.45) is -2.05. The van der Waals surface area contributed by atoms with Gasteiger partial charge in [0.05, 0.1) is 22.3 Å². The number of nitrogens with one attached hydrogen (secondary N) is 1. The van der Waals surface area contributed by atoms with Crippen molar-refractivity contribution < 1.29 is 18.0 Å². The van der Waals surface area contributed by atoms with Gasteiger partial charge < -0.3 is 5.32 Å². The van der Waals surface area contributed by atoms with Crippen LogP contribution in [0.4, 0.5) is 13.2 Å². The molecule has 0 aliphatic rings. The molecule has 11 heteroatoms. The van der Waals surface area contributed by atoms with E-state index in [1.807, 2.05) is 33.0 Å². The average Bonchev–Trinajstić information content (AvgIpc) is 3.49. The first-order valence-corrected chi connectivity index (χ1v) is 11.3. The van der Waals surface area contributed by atoms with Gasteiger partial charge in [-0.05, 0) is 45.4 Å². The number of alkyl halides is 3. The first-order chi connectivity index (χ1) is 15.6. The van der Waals surface area contributed by atoms with Gasteiger partial charge in [0, 0.05) is 29.2 Å². The summed E-state index contributed by atoms with van der Waals surface area (Å²) in [5.74, 6) is -0.587. The maximum absolute atomic E-state index is 13.8. The molecule has 0 aromatic carbocycles. The third-order valence-corrected chi connectivity index (χ3v) is 6.59. The van der Waals surface area contributed by atoms with Crippen LogP contribution in [0.5, 0.6) is 0 Å². The zero-order valence-electron chi connectivity index (χ0n) is 18.6. The minimum Gasteiger partial charge on any atom is -0.344 e. The lowest BCUT2D eigenvalue weighted by Gasteiger charge is -2.12. The number of aryl methyl sites for hydroxylation is 3. The van der Waals surface area contributed by atoms with Crippen LogP contribution in [0.1, 0.15) is 59.1 Å². The van der Waals surface area contributed by atoms with Crippen molar-refractivity contribution in [2.45, 2.75) is 52.9 Å². The van der Waals surface area contributed by atoms with Crippen LogP contribution in [0.15, 0.2) is 30.5 Å². The topological polar surface area (TPSA) is 77.1 Å². The summed E-state index contributed by atoms with van der Waals surface area (Å²) < 4.78 is 43.9. The van der Waals surface area contributed by atoms with Crippen molar-refractivity contribution in [2.75, 3.05) is 0 Å². The Morgan fingerprint density at radius 2 is 1.97 bits per heavy atom. The van der Waals surface area contributed by atoms with Crippen LogP contribution in [-0.2, 0) is 19.1 Å². The van der Waals surface area contributed by atoms with E-state index < -0.39 is 23.8 Å². The Hall–Kier alpha value is -3.21. The highest BCUT2D eigenvalue weighted by atomic mass is 32.1. The van der Waals surface area contributed by atoms with E-state index in [1.54, 1.807) is 17.7 Å². The van der Waals surface area contributed by atoms with Crippen molar-refractivity contribution in [3.05, 3.63) is 58.0 Å². The van der Waals surface area contributed by atoms with Crippen molar-refractivity contribution in [1.82, 2.24) is 29.7 Å². The molecule has 7 nitrogen and oxygen atoms in total. The van der Waals surface area contributed by atoms with Crippen LogP contribution >= 0.6 is 11.3 Å². The molecule has 1 N–H and O–H groups in total. The molecule has 1 amide bonds. The molecule has 0 fully saturated rings. The van der Waals surface area contributed by atoms with Crippen LogP contribution in [0, 0.1) is 6.92 Å². The summed E-state index contributed by atoms with van der Waals surface area (Å²) in [5, 5.41) is 11.1. The molecule has 0 saturated carbocycles. The van der Waals surface area contributed by atoms with E-state index >= 15 is 0 Å². The Labute approximate surface area is 192 Å². The van der Waals surface area contributed by atoms with Crippen molar-refractivity contribution in [3.8, 4) is 10.6 Å². The normalized spacial score (nSPS) is 12.9. The second-order valence-corrected chi connectivity index (χ2v) is 8.83. The van der Waals surface area contributed by atoms with Gasteiger partial charge in [0.15, 0.2) is 17.0 Å². The van der Waals surface area contributed by atoms with Gasteiger partial charge in [-0.3, -0.25) is 9.48 Å². The molecule has 0 aliphatic carbocycles. The van der Waals surface area contributed by atoms with Gasteiger partial charge >= 0.3 is 6.18 Å². The summed E-state index contributed by atoms with van der Waals surface area (Å²) in [5.41, 5.74) is 0.628. The number of thiophene rings is 1. The Bertz CT molecular complexity index is 1320.